The Morgan fingerprint density at radius 3 is 2.15 bits per heavy atom. The minimum atomic E-state index is -2.34. The van der Waals surface area contributed by atoms with Gasteiger partial charge in [0, 0.05) is 23.8 Å². The average Bonchev–Trinajstić information content (AvgIpc) is 3.62. The number of amides is 1. The maximum absolute atomic E-state index is 14.3. The van der Waals surface area contributed by atoms with Gasteiger partial charge in [0.05, 0.1) is 29.0 Å². The molecule has 0 saturated carbocycles. The molecule has 1 aliphatic heterocycles. The number of hydrogen-bond acceptors (Lipinski definition) is 7. The molecule has 1 amide bonds. The van der Waals surface area contributed by atoms with E-state index in [0.717, 1.165) is 36.8 Å². The van der Waals surface area contributed by atoms with Crippen molar-refractivity contribution >= 4 is 39.2 Å². The Balaban J connectivity index is 1.11. The number of benzene rings is 5. The molecule has 1 saturated heterocycles. The van der Waals surface area contributed by atoms with Crippen molar-refractivity contribution in [2.45, 2.75) is 42.9 Å². The normalized spacial score (nSPS) is 18.7. The number of thiazole rings is 1. The van der Waals surface area contributed by atoms with Crippen LogP contribution in [0.5, 0.6) is 0 Å². The van der Waals surface area contributed by atoms with E-state index in [2.05, 4.69) is 12.2 Å². The smallest absolute Gasteiger partial charge is 0.257 e. The molecule has 0 spiro atoms. The Hall–Kier alpha value is -4.66. The van der Waals surface area contributed by atoms with Crippen LogP contribution in [0.25, 0.3) is 21.3 Å². The molecule has 13 heteroatoms. The van der Waals surface area contributed by atoms with Gasteiger partial charge in [-0.2, -0.15) is 0 Å². The van der Waals surface area contributed by atoms with Crippen molar-refractivity contribution < 1.29 is 41.3 Å². The number of aromatic nitrogens is 1. The van der Waals surface area contributed by atoms with E-state index in [4.69, 9.17) is 14.5 Å². The van der Waals surface area contributed by atoms with Gasteiger partial charge in [0.25, 0.3) is 5.91 Å². The molecule has 0 radical (unpaired) electrons. The largest absolute Gasteiger partial charge is 0.392 e. The lowest BCUT2D eigenvalue weighted by molar-refractivity contribution is -0.268. The number of ether oxygens (including phenoxy) is 2. The van der Waals surface area contributed by atoms with Crippen molar-refractivity contribution in [3.8, 4) is 11.1 Å². The maximum Gasteiger partial charge on any atom is 0.257 e. The minimum Gasteiger partial charge on any atom is -0.392 e. The monoisotopic (exact) mass is 762 g/mol. The number of rotatable bonds is 10. The van der Waals surface area contributed by atoms with Gasteiger partial charge < -0.3 is 19.9 Å². The quantitative estimate of drug-likeness (QED) is 0.0627. The van der Waals surface area contributed by atoms with Crippen LogP contribution in [0.2, 0.25) is 0 Å². The number of nitrogens with zero attached hydrogens (tertiary/aromatic N) is 1. The lowest BCUT2D eigenvalue weighted by Crippen LogP contribution is -2.38. The third kappa shape index (κ3) is 7.58. The molecule has 2 N–H and O–H groups in total. The fraction of sp³-hybridized carbons (Fsp3) is 0.200. The number of halogens is 5. The summed E-state index contributed by atoms with van der Waals surface area (Å²) in [6, 6.07) is 30.0. The van der Waals surface area contributed by atoms with Crippen molar-refractivity contribution in [2.24, 2.45) is 5.92 Å². The van der Waals surface area contributed by atoms with Crippen LogP contribution in [-0.2, 0) is 22.6 Å². The van der Waals surface area contributed by atoms with Crippen LogP contribution in [0.3, 0.4) is 0 Å². The van der Waals surface area contributed by atoms with Gasteiger partial charge in [0.2, 0.25) is 5.82 Å². The summed E-state index contributed by atoms with van der Waals surface area (Å²) in [6.07, 6.45) is -1.25. The van der Waals surface area contributed by atoms with Crippen molar-refractivity contribution in [2.75, 3.05) is 5.75 Å². The summed E-state index contributed by atoms with van der Waals surface area (Å²) in [6.45, 7) is 1.77. The van der Waals surface area contributed by atoms with E-state index >= 15 is 0 Å². The van der Waals surface area contributed by atoms with Gasteiger partial charge in [0.15, 0.2) is 33.9 Å². The lowest BCUT2D eigenvalue weighted by atomic mass is 9.91. The Kier molecular flexibility index (Phi) is 10.9. The van der Waals surface area contributed by atoms with Gasteiger partial charge >= 0.3 is 0 Å². The summed E-state index contributed by atoms with van der Waals surface area (Å²) in [5.74, 6) is -12.0. The number of para-hydroxylation sites is 1. The fourth-order valence-corrected chi connectivity index (χ4v) is 8.48. The second kappa shape index (κ2) is 15.7. The van der Waals surface area contributed by atoms with Crippen molar-refractivity contribution in [1.82, 2.24) is 10.3 Å². The van der Waals surface area contributed by atoms with E-state index < -0.39 is 46.8 Å². The van der Waals surface area contributed by atoms with Crippen LogP contribution in [0, 0.1) is 35.0 Å². The Labute approximate surface area is 309 Å². The molecule has 1 aromatic heterocycles. The van der Waals surface area contributed by atoms with E-state index in [-0.39, 0.29) is 31.3 Å². The molecule has 5 aromatic carbocycles. The summed E-state index contributed by atoms with van der Waals surface area (Å²) in [4.78, 5) is 17.4. The first-order valence-corrected chi connectivity index (χ1v) is 18.4. The number of aliphatic hydroxyl groups is 1. The molecule has 1 fully saturated rings. The zero-order valence-electron chi connectivity index (χ0n) is 28.0. The second-order valence-corrected chi connectivity index (χ2v) is 14.8. The van der Waals surface area contributed by atoms with Gasteiger partial charge in [-0.05, 0) is 39.9 Å². The summed E-state index contributed by atoms with van der Waals surface area (Å²) >= 11 is 3.27. The fourth-order valence-electron chi connectivity index (χ4n) is 6.22. The maximum atomic E-state index is 14.3. The molecule has 6 aromatic rings. The molecular weight excluding hydrogens is 732 g/mol. The first-order chi connectivity index (χ1) is 25.6. The van der Waals surface area contributed by atoms with Crippen LogP contribution in [0.15, 0.2) is 101 Å². The van der Waals surface area contributed by atoms with Crippen molar-refractivity contribution in [1.29, 1.82) is 0 Å². The summed E-state index contributed by atoms with van der Waals surface area (Å²) < 4.78 is 84.7. The molecule has 1 aliphatic rings. The third-order valence-corrected chi connectivity index (χ3v) is 11.4. The summed E-state index contributed by atoms with van der Waals surface area (Å²) in [5, 5.41) is 11.9. The van der Waals surface area contributed by atoms with Crippen molar-refractivity contribution in [3.05, 3.63) is 154 Å². The first-order valence-electron chi connectivity index (χ1n) is 16.6. The topological polar surface area (TPSA) is 80.7 Å². The van der Waals surface area contributed by atoms with E-state index in [1.165, 1.54) is 0 Å². The Bertz CT molecular complexity index is 2210. The van der Waals surface area contributed by atoms with E-state index in [9.17, 15) is 31.9 Å². The van der Waals surface area contributed by atoms with Crippen LogP contribution in [0.1, 0.15) is 51.9 Å². The highest BCUT2D eigenvalue weighted by Crippen LogP contribution is 2.44. The molecule has 6 nitrogen and oxygen atoms in total. The number of carbonyl (C=O) groups is 1. The standard InChI is InChI=1S/C40H31F5N2O4S2/c1-21-29(20-52-40-47-28-8-4-5-9-30(28)53-40)50-39(51-37(21)24-12-10-22(19-48)11-13-24)25-16-14-23(15-17-25)27-7-3-2-6-26(27)18-46-38(49)31-32(41)34(43)36(45)35(44)33(31)42/h2-17,21,29,37,39,48H,18-20H2,1H3,(H,46,49)/t21-,29+,37+,39+/m0/s1. The van der Waals surface area contributed by atoms with E-state index in [1.807, 2.05) is 72.8 Å². The lowest BCUT2D eigenvalue weighted by Gasteiger charge is -2.41. The average molecular weight is 763 g/mol. The van der Waals surface area contributed by atoms with Crippen LogP contribution in [-0.4, -0.2) is 27.9 Å². The number of hydrogen-bond donors (Lipinski definition) is 2. The summed E-state index contributed by atoms with van der Waals surface area (Å²) in [5.41, 5.74) is 3.84. The highest BCUT2D eigenvalue weighted by molar-refractivity contribution is 8.01. The van der Waals surface area contributed by atoms with Crippen LogP contribution >= 0.6 is 23.1 Å². The van der Waals surface area contributed by atoms with Crippen LogP contribution < -0.4 is 5.32 Å². The number of fused-ring (bicyclic) bond motifs is 1. The number of carbonyl (C=O) groups excluding carboxylic acids is 1. The van der Waals surface area contributed by atoms with E-state index in [0.29, 0.717) is 16.9 Å². The first kappa shape index (κ1) is 36.7. The number of nitrogens with one attached hydrogen (secondary N) is 1. The second-order valence-electron chi connectivity index (χ2n) is 12.5. The Morgan fingerprint density at radius 2 is 1.45 bits per heavy atom. The van der Waals surface area contributed by atoms with E-state index in [1.54, 1.807) is 47.4 Å². The molecule has 7 rings (SSSR count). The van der Waals surface area contributed by atoms with Crippen molar-refractivity contribution in [3.63, 3.8) is 0 Å². The summed E-state index contributed by atoms with van der Waals surface area (Å²) in [7, 11) is 0. The molecule has 2 heterocycles. The molecule has 272 valence electrons. The third-order valence-electron chi connectivity index (χ3n) is 9.16. The molecular formula is C40H31F5N2O4S2. The zero-order valence-corrected chi connectivity index (χ0v) is 29.6. The molecule has 53 heavy (non-hydrogen) atoms. The van der Waals surface area contributed by atoms with Gasteiger partial charge in [-0.25, -0.2) is 26.9 Å². The minimum absolute atomic E-state index is 0.0284. The molecule has 0 unspecified atom stereocenters. The number of thioether (sulfide) groups is 1. The molecule has 0 bridgehead atoms. The SMILES string of the molecule is C[C@H]1[C@@H](CSc2nc3ccccc3s2)O[C@@H](c2ccc(-c3ccccc3CNC(=O)c3c(F)c(F)c(F)c(F)c3F)cc2)O[C@H]1c1ccc(CO)cc1. The van der Waals surface area contributed by atoms with Gasteiger partial charge in [0.1, 0.15) is 5.56 Å². The van der Waals surface area contributed by atoms with Gasteiger partial charge in [-0.3, -0.25) is 4.79 Å². The highest BCUT2D eigenvalue weighted by Gasteiger charge is 2.38. The highest BCUT2D eigenvalue weighted by atomic mass is 32.2. The van der Waals surface area contributed by atoms with Crippen LogP contribution in [0.4, 0.5) is 22.0 Å². The Morgan fingerprint density at radius 1 is 0.811 bits per heavy atom. The molecule has 4 atom stereocenters. The predicted molar refractivity (Wildman–Crippen MR) is 193 cm³/mol. The predicted octanol–water partition coefficient (Wildman–Crippen LogP) is 9.66. The number of aliphatic hydroxyl groups excluding tert-OH is 1. The van der Waals surface area contributed by atoms with Gasteiger partial charge in [-0.15, -0.1) is 11.3 Å². The molecule has 0 aliphatic carbocycles. The zero-order chi connectivity index (χ0) is 37.2. The van der Waals surface area contributed by atoms with Gasteiger partial charge in [-0.1, -0.05) is 104 Å².